The van der Waals surface area contributed by atoms with Gasteiger partial charge in [-0.25, -0.2) is 4.79 Å². The number of aliphatic hydroxyl groups excluding tert-OH is 1. The van der Waals surface area contributed by atoms with Crippen molar-refractivity contribution in [3.05, 3.63) is 35.4 Å². The third kappa shape index (κ3) is 3.78. The Morgan fingerprint density at radius 3 is 2.53 bits per heavy atom. The lowest BCUT2D eigenvalue weighted by atomic mass is 10.0. The maximum absolute atomic E-state index is 12.5. The molecule has 0 heterocycles. The number of ketones is 1. The van der Waals surface area contributed by atoms with Gasteiger partial charge in [0.25, 0.3) is 5.78 Å². The summed E-state index contributed by atoms with van der Waals surface area (Å²) in [6, 6.07) is 3.57. The van der Waals surface area contributed by atoms with E-state index in [0.717, 1.165) is 18.2 Å². The molecular weight excluding hydrogens is 265 g/mol. The lowest BCUT2D eigenvalue weighted by molar-refractivity contribution is -0.157. The lowest BCUT2D eigenvalue weighted by Gasteiger charge is -2.12. The molecule has 0 aliphatic heterocycles. The first kappa shape index (κ1) is 15.2. The number of halogens is 3. The Hall–Kier alpha value is -1.89. The van der Waals surface area contributed by atoms with Crippen LogP contribution < -0.4 is 0 Å². The van der Waals surface area contributed by atoms with Crippen molar-refractivity contribution in [2.75, 3.05) is 6.61 Å². The molecule has 0 bridgehead atoms. The molecule has 1 unspecified atom stereocenters. The van der Waals surface area contributed by atoms with Crippen LogP contribution in [0.4, 0.5) is 13.2 Å². The van der Waals surface area contributed by atoms with Crippen LogP contribution in [-0.2, 0) is 20.5 Å². The molecule has 0 radical (unpaired) electrons. The largest absolute Gasteiger partial charge is 0.460 e. The van der Waals surface area contributed by atoms with Gasteiger partial charge in [0.05, 0.1) is 12.2 Å². The summed E-state index contributed by atoms with van der Waals surface area (Å²) in [5.41, 5.74) is -1.33. The predicted octanol–water partition coefficient (Wildman–Crippen LogP) is 1.87. The van der Waals surface area contributed by atoms with Gasteiger partial charge in [-0.1, -0.05) is 12.1 Å². The molecule has 1 atom stereocenters. The highest BCUT2D eigenvalue weighted by atomic mass is 19.4. The van der Waals surface area contributed by atoms with E-state index in [1.54, 1.807) is 0 Å². The van der Waals surface area contributed by atoms with E-state index in [2.05, 4.69) is 4.74 Å². The number of carbonyl (C=O) groups excluding carboxylic acids is 2. The number of alkyl halides is 3. The third-order valence-electron chi connectivity index (χ3n) is 2.25. The van der Waals surface area contributed by atoms with Crippen molar-refractivity contribution in [1.29, 1.82) is 0 Å². The first-order valence-electron chi connectivity index (χ1n) is 5.33. The molecule has 104 valence electrons. The number of aliphatic hydroxyl groups is 1. The second kappa shape index (κ2) is 5.83. The Morgan fingerprint density at radius 1 is 1.37 bits per heavy atom. The van der Waals surface area contributed by atoms with Gasteiger partial charge in [-0.3, -0.25) is 4.79 Å². The van der Waals surface area contributed by atoms with Crippen molar-refractivity contribution in [1.82, 2.24) is 0 Å². The monoisotopic (exact) mass is 276 g/mol. The molecule has 0 aliphatic rings. The Bertz CT molecular complexity index is 482. The highest BCUT2D eigenvalue weighted by Gasteiger charge is 2.32. The van der Waals surface area contributed by atoms with E-state index in [4.69, 9.17) is 0 Å². The van der Waals surface area contributed by atoms with Gasteiger partial charge in [0.2, 0.25) is 0 Å². The third-order valence-corrected chi connectivity index (χ3v) is 2.25. The molecule has 1 rings (SSSR count). The van der Waals surface area contributed by atoms with Crippen LogP contribution in [0, 0.1) is 0 Å². The number of rotatable bonds is 4. The number of carbonyl (C=O) groups is 2. The molecule has 1 N–H and O–H groups in total. The van der Waals surface area contributed by atoms with Crippen LogP contribution in [0.15, 0.2) is 24.3 Å². The van der Waals surface area contributed by atoms with Crippen molar-refractivity contribution in [3.8, 4) is 0 Å². The van der Waals surface area contributed by atoms with Crippen molar-refractivity contribution >= 4 is 11.8 Å². The Labute approximate surface area is 106 Å². The highest BCUT2D eigenvalue weighted by Crippen LogP contribution is 2.30. The first-order valence-corrected chi connectivity index (χ1v) is 5.33. The first-order chi connectivity index (χ1) is 8.77. The minimum atomic E-state index is -4.59. The number of hydrogen-bond acceptors (Lipinski definition) is 4. The fourth-order valence-corrected chi connectivity index (χ4v) is 1.35. The fourth-order valence-electron chi connectivity index (χ4n) is 1.35. The maximum atomic E-state index is 12.5. The molecule has 0 fully saturated rings. The summed E-state index contributed by atoms with van der Waals surface area (Å²) in [6.45, 7) is 1.39. The minimum Gasteiger partial charge on any atom is -0.460 e. The zero-order chi connectivity index (χ0) is 14.6. The van der Waals surface area contributed by atoms with Crippen LogP contribution in [0.25, 0.3) is 0 Å². The average Bonchev–Trinajstić information content (AvgIpc) is 2.36. The van der Waals surface area contributed by atoms with Gasteiger partial charge in [-0.2, -0.15) is 13.2 Å². The molecule has 1 aromatic carbocycles. The van der Waals surface area contributed by atoms with E-state index < -0.39 is 29.6 Å². The molecule has 0 aliphatic carbocycles. The topological polar surface area (TPSA) is 63.6 Å². The molecule has 7 heteroatoms. The number of hydrogen-bond donors (Lipinski definition) is 1. The Balaban J connectivity index is 2.97. The van der Waals surface area contributed by atoms with Gasteiger partial charge >= 0.3 is 12.1 Å². The van der Waals surface area contributed by atoms with Gasteiger partial charge < -0.3 is 9.84 Å². The summed E-state index contributed by atoms with van der Waals surface area (Å²) in [7, 11) is 0. The standard InChI is InChI=1S/C12H11F3O4/c1-2-19-11(18)10(17)9(16)7-4-3-5-8(6-7)12(13,14)15/h3-6,9,16H,2H2,1H3. The number of ether oxygens (including phenoxy) is 1. The van der Waals surface area contributed by atoms with E-state index in [1.807, 2.05) is 0 Å². The molecule has 4 nitrogen and oxygen atoms in total. The van der Waals surface area contributed by atoms with Crippen LogP contribution in [-0.4, -0.2) is 23.5 Å². The van der Waals surface area contributed by atoms with Crippen molar-refractivity contribution in [3.63, 3.8) is 0 Å². The fraction of sp³-hybridized carbons (Fsp3) is 0.333. The van der Waals surface area contributed by atoms with E-state index in [1.165, 1.54) is 6.92 Å². The number of benzene rings is 1. The minimum absolute atomic E-state index is 0.0696. The van der Waals surface area contributed by atoms with Crippen LogP contribution in [0.1, 0.15) is 24.2 Å². The predicted molar refractivity (Wildman–Crippen MR) is 58.0 cm³/mol. The zero-order valence-electron chi connectivity index (χ0n) is 9.90. The molecule has 0 amide bonds. The van der Waals surface area contributed by atoms with Crippen LogP contribution in [0.2, 0.25) is 0 Å². The van der Waals surface area contributed by atoms with Crippen molar-refractivity contribution in [2.24, 2.45) is 0 Å². The van der Waals surface area contributed by atoms with Crippen LogP contribution >= 0.6 is 0 Å². The van der Waals surface area contributed by atoms with Crippen LogP contribution in [0.5, 0.6) is 0 Å². The second-order valence-corrected chi connectivity index (χ2v) is 3.61. The van der Waals surface area contributed by atoms with Crippen molar-refractivity contribution in [2.45, 2.75) is 19.2 Å². The summed E-state index contributed by atoms with van der Waals surface area (Å²) >= 11 is 0. The second-order valence-electron chi connectivity index (χ2n) is 3.61. The van der Waals surface area contributed by atoms with Crippen molar-refractivity contribution < 1.29 is 32.6 Å². The molecule has 0 spiro atoms. The number of Topliss-reactive ketones (excluding diaryl/α,β-unsaturated/α-hetero) is 1. The summed E-state index contributed by atoms with van der Waals surface area (Å²) in [6.07, 6.45) is -6.57. The van der Waals surface area contributed by atoms with Gasteiger partial charge in [0.15, 0.2) is 0 Å². The quantitative estimate of drug-likeness (QED) is 0.673. The molecule has 1 aromatic rings. The molecule has 0 aromatic heterocycles. The molecule has 0 saturated carbocycles. The maximum Gasteiger partial charge on any atom is 0.416 e. The average molecular weight is 276 g/mol. The smallest absolute Gasteiger partial charge is 0.416 e. The van der Waals surface area contributed by atoms with Gasteiger partial charge in [0, 0.05) is 0 Å². The van der Waals surface area contributed by atoms with E-state index in [0.29, 0.717) is 6.07 Å². The van der Waals surface area contributed by atoms with Gasteiger partial charge in [-0.15, -0.1) is 0 Å². The summed E-state index contributed by atoms with van der Waals surface area (Å²) in [4.78, 5) is 22.5. The van der Waals surface area contributed by atoms with Crippen LogP contribution in [0.3, 0.4) is 0 Å². The summed E-state index contributed by atoms with van der Waals surface area (Å²) in [5.74, 6) is -2.59. The number of esters is 1. The molecular formula is C12H11F3O4. The SMILES string of the molecule is CCOC(=O)C(=O)C(O)c1cccc(C(F)(F)F)c1. The van der Waals surface area contributed by atoms with Gasteiger partial charge in [0.1, 0.15) is 6.10 Å². The normalized spacial score (nSPS) is 12.9. The molecule has 0 saturated heterocycles. The van der Waals surface area contributed by atoms with E-state index in [9.17, 15) is 27.9 Å². The molecule has 19 heavy (non-hydrogen) atoms. The van der Waals surface area contributed by atoms with E-state index >= 15 is 0 Å². The van der Waals surface area contributed by atoms with Gasteiger partial charge in [-0.05, 0) is 24.6 Å². The van der Waals surface area contributed by atoms with E-state index in [-0.39, 0.29) is 12.2 Å². The summed E-state index contributed by atoms with van der Waals surface area (Å²) < 4.78 is 41.7. The highest BCUT2D eigenvalue weighted by molar-refractivity contribution is 6.35. The zero-order valence-corrected chi connectivity index (χ0v) is 9.90. The Kier molecular flexibility index (Phi) is 4.66. The Morgan fingerprint density at radius 2 is 2.00 bits per heavy atom. The summed E-state index contributed by atoms with van der Waals surface area (Å²) in [5, 5.41) is 9.56. The lowest BCUT2D eigenvalue weighted by Crippen LogP contribution is -2.24.